The number of phenolic OH excluding ortho intramolecular Hbond substituents is 1. The molecule has 1 aliphatic carbocycles. The van der Waals surface area contributed by atoms with Crippen LogP contribution in [0.5, 0.6) is 5.75 Å². The lowest BCUT2D eigenvalue weighted by atomic mass is 9.88. The van der Waals surface area contributed by atoms with Gasteiger partial charge in [0.25, 0.3) is 0 Å². The zero-order valence-corrected chi connectivity index (χ0v) is 17.8. The molecule has 0 aliphatic heterocycles. The number of aliphatic imine (C=N–C) groups is 1. The van der Waals surface area contributed by atoms with Gasteiger partial charge >= 0.3 is 0 Å². The topological polar surface area (TPSA) is 65.9 Å². The van der Waals surface area contributed by atoms with Gasteiger partial charge in [0.15, 0.2) is 5.96 Å². The Morgan fingerprint density at radius 3 is 2.76 bits per heavy atom. The molecule has 0 bridgehead atoms. The van der Waals surface area contributed by atoms with Crippen LogP contribution in [0.1, 0.15) is 49.3 Å². The molecule has 1 aromatic rings. The predicted octanol–water partition coefficient (Wildman–Crippen LogP) is 3.37. The van der Waals surface area contributed by atoms with Gasteiger partial charge in [-0.3, -0.25) is 4.99 Å². The molecule has 0 aromatic heterocycles. The molecule has 0 spiro atoms. The minimum atomic E-state index is 0. The Hall–Kier alpha value is -1.02. The van der Waals surface area contributed by atoms with Crippen LogP contribution in [-0.2, 0) is 24.1 Å². The number of ether oxygens (including phenoxy) is 1. The molecule has 0 unspecified atom stereocenters. The minimum absolute atomic E-state index is 0. The van der Waals surface area contributed by atoms with Crippen molar-refractivity contribution in [2.45, 2.75) is 52.0 Å². The summed E-state index contributed by atoms with van der Waals surface area (Å²) in [6, 6.07) is 3.89. The number of nitrogens with zero attached hydrogens (tertiary/aromatic N) is 1. The number of hydrogen-bond acceptors (Lipinski definition) is 3. The summed E-state index contributed by atoms with van der Waals surface area (Å²) in [6.07, 6.45) is 6.73. The summed E-state index contributed by atoms with van der Waals surface area (Å²) in [4.78, 5) is 4.26. The van der Waals surface area contributed by atoms with Crippen LogP contribution < -0.4 is 10.6 Å². The second kappa shape index (κ2) is 12.4. The van der Waals surface area contributed by atoms with Gasteiger partial charge in [0.1, 0.15) is 5.75 Å². The van der Waals surface area contributed by atoms with Crippen molar-refractivity contribution in [2.24, 2.45) is 4.99 Å². The first-order chi connectivity index (χ1) is 11.8. The maximum Gasteiger partial charge on any atom is 0.191 e. The van der Waals surface area contributed by atoms with Gasteiger partial charge in [0.05, 0.1) is 0 Å². The fourth-order valence-corrected chi connectivity index (χ4v) is 3.16. The van der Waals surface area contributed by atoms with Gasteiger partial charge in [-0.2, -0.15) is 0 Å². The minimum Gasteiger partial charge on any atom is -0.508 e. The molecule has 25 heavy (non-hydrogen) atoms. The van der Waals surface area contributed by atoms with Crippen molar-refractivity contribution in [1.29, 1.82) is 0 Å². The highest BCUT2D eigenvalue weighted by Gasteiger charge is 2.16. The average Bonchev–Trinajstić information content (AvgIpc) is 2.61. The van der Waals surface area contributed by atoms with E-state index in [2.05, 4.69) is 21.7 Å². The van der Waals surface area contributed by atoms with Crippen LogP contribution >= 0.6 is 24.0 Å². The van der Waals surface area contributed by atoms with E-state index < -0.39 is 0 Å². The third-order valence-electron chi connectivity index (χ3n) is 4.49. The summed E-state index contributed by atoms with van der Waals surface area (Å²) in [5.74, 6) is 1.16. The van der Waals surface area contributed by atoms with Crippen LogP contribution in [0.25, 0.3) is 0 Å². The Morgan fingerprint density at radius 2 is 2.00 bits per heavy atom. The lowest BCUT2D eigenvalue weighted by Crippen LogP contribution is -2.37. The molecule has 1 aromatic carbocycles. The molecule has 0 saturated heterocycles. The molecule has 0 amide bonds. The fraction of sp³-hybridized carbons (Fsp3) is 0.632. The number of aromatic hydroxyl groups is 1. The van der Waals surface area contributed by atoms with E-state index in [9.17, 15) is 5.11 Å². The fourth-order valence-electron chi connectivity index (χ4n) is 3.16. The Balaban J connectivity index is 0.00000312. The summed E-state index contributed by atoms with van der Waals surface area (Å²) in [5.41, 5.74) is 3.72. The van der Waals surface area contributed by atoms with Crippen LogP contribution in [0.3, 0.4) is 0 Å². The van der Waals surface area contributed by atoms with Crippen molar-refractivity contribution in [3.63, 3.8) is 0 Å². The molecule has 5 nitrogen and oxygen atoms in total. The van der Waals surface area contributed by atoms with E-state index in [1.807, 2.05) is 13.0 Å². The van der Waals surface area contributed by atoms with Crippen molar-refractivity contribution in [3.05, 3.63) is 28.8 Å². The van der Waals surface area contributed by atoms with Gasteiger partial charge < -0.3 is 20.5 Å². The first kappa shape index (κ1) is 22.0. The van der Waals surface area contributed by atoms with Gasteiger partial charge in [-0.05, 0) is 62.6 Å². The average molecular weight is 461 g/mol. The molecule has 6 heteroatoms. The number of benzene rings is 1. The number of unbranched alkanes of at least 4 members (excludes halogenated alkanes) is 1. The van der Waals surface area contributed by atoms with Crippen molar-refractivity contribution in [2.75, 3.05) is 26.8 Å². The van der Waals surface area contributed by atoms with E-state index in [0.717, 1.165) is 57.0 Å². The molecule has 0 fully saturated rings. The highest BCUT2D eigenvalue weighted by molar-refractivity contribution is 14.0. The summed E-state index contributed by atoms with van der Waals surface area (Å²) in [5, 5.41) is 16.9. The van der Waals surface area contributed by atoms with E-state index in [0.29, 0.717) is 12.3 Å². The number of guanidine groups is 1. The normalized spacial score (nSPS) is 13.8. The first-order valence-corrected chi connectivity index (χ1v) is 9.11. The molecule has 0 atom stereocenters. The maximum absolute atomic E-state index is 10.2. The largest absolute Gasteiger partial charge is 0.508 e. The second-order valence-electron chi connectivity index (χ2n) is 6.16. The highest BCUT2D eigenvalue weighted by atomic mass is 127. The summed E-state index contributed by atoms with van der Waals surface area (Å²) >= 11 is 0. The monoisotopic (exact) mass is 461 g/mol. The third-order valence-corrected chi connectivity index (χ3v) is 4.49. The lowest BCUT2D eigenvalue weighted by molar-refractivity contribution is 0.143. The molecule has 0 radical (unpaired) electrons. The highest BCUT2D eigenvalue weighted by Crippen LogP contribution is 2.30. The molecule has 142 valence electrons. The summed E-state index contributed by atoms with van der Waals surface area (Å²) < 4.78 is 5.34. The zero-order valence-electron chi connectivity index (χ0n) is 15.4. The molecule has 3 N–H and O–H groups in total. The molecule has 2 rings (SSSR count). The number of fused-ring (bicyclic) bond motifs is 1. The number of halogens is 1. The van der Waals surface area contributed by atoms with Gasteiger partial charge in [-0.15, -0.1) is 24.0 Å². The Morgan fingerprint density at radius 1 is 1.20 bits per heavy atom. The number of aryl methyl sites for hydroxylation is 1. The Labute approximate surface area is 168 Å². The summed E-state index contributed by atoms with van der Waals surface area (Å²) in [7, 11) is 1.77. The van der Waals surface area contributed by atoms with Crippen LogP contribution in [0.4, 0.5) is 0 Å². The van der Waals surface area contributed by atoms with E-state index in [-0.39, 0.29) is 24.0 Å². The van der Waals surface area contributed by atoms with Gasteiger partial charge in [-0.25, -0.2) is 0 Å². The Kier molecular flexibility index (Phi) is 10.9. The maximum atomic E-state index is 10.2. The van der Waals surface area contributed by atoms with Gasteiger partial charge in [0.2, 0.25) is 0 Å². The number of hydrogen-bond donors (Lipinski definition) is 3. The van der Waals surface area contributed by atoms with Crippen molar-refractivity contribution >= 4 is 29.9 Å². The first-order valence-electron chi connectivity index (χ1n) is 9.11. The van der Waals surface area contributed by atoms with Crippen molar-refractivity contribution < 1.29 is 9.84 Å². The number of nitrogens with one attached hydrogen (secondary N) is 2. The van der Waals surface area contributed by atoms with Crippen LogP contribution in [-0.4, -0.2) is 37.9 Å². The van der Waals surface area contributed by atoms with Crippen LogP contribution in [0.15, 0.2) is 17.1 Å². The van der Waals surface area contributed by atoms with Crippen molar-refractivity contribution in [1.82, 2.24) is 10.6 Å². The molecule has 1 aliphatic rings. The quantitative estimate of drug-likeness (QED) is 0.241. The van der Waals surface area contributed by atoms with E-state index in [4.69, 9.17) is 4.74 Å². The number of rotatable bonds is 8. The second-order valence-corrected chi connectivity index (χ2v) is 6.16. The third kappa shape index (κ3) is 7.01. The summed E-state index contributed by atoms with van der Waals surface area (Å²) in [6.45, 7) is 5.08. The van der Waals surface area contributed by atoms with Gasteiger partial charge in [-0.1, -0.05) is 6.07 Å². The molecule has 0 heterocycles. The molecule has 0 saturated carbocycles. The lowest BCUT2D eigenvalue weighted by Gasteiger charge is -2.21. The molecular formula is C19H32IN3O2. The molecular weight excluding hydrogens is 429 g/mol. The van der Waals surface area contributed by atoms with E-state index in [1.165, 1.54) is 24.0 Å². The van der Waals surface area contributed by atoms with Crippen LogP contribution in [0, 0.1) is 0 Å². The van der Waals surface area contributed by atoms with Crippen molar-refractivity contribution in [3.8, 4) is 5.75 Å². The van der Waals surface area contributed by atoms with E-state index >= 15 is 0 Å². The smallest absolute Gasteiger partial charge is 0.191 e. The Bertz CT molecular complexity index is 550. The standard InChI is InChI=1S/C19H31N3O2.HI/c1-3-24-13-7-6-12-21-19(20-2)22-14-17-16-9-5-4-8-15(16)10-11-18(17)23;/h10-11,23H,3-9,12-14H2,1-2H3,(H2,20,21,22);1H. The number of phenols is 1. The predicted molar refractivity (Wildman–Crippen MR) is 114 cm³/mol. The van der Waals surface area contributed by atoms with Gasteiger partial charge in [0, 0.05) is 38.9 Å². The SMILES string of the molecule is CCOCCCCNC(=NC)NCc1c(O)ccc2c1CCCC2.I. The van der Waals surface area contributed by atoms with Crippen LogP contribution in [0.2, 0.25) is 0 Å². The van der Waals surface area contributed by atoms with E-state index in [1.54, 1.807) is 7.05 Å². The zero-order chi connectivity index (χ0) is 17.2.